The van der Waals surface area contributed by atoms with Gasteiger partial charge in [0, 0.05) is 13.0 Å². The number of para-hydroxylation sites is 3. The lowest BCUT2D eigenvalue weighted by Gasteiger charge is -2.23. The zero-order valence-corrected chi connectivity index (χ0v) is 13.3. The van der Waals surface area contributed by atoms with E-state index in [-0.39, 0.29) is 29.9 Å². The van der Waals surface area contributed by atoms with Gasteiger partial charge < -0.3 is 4.90 Å². The number of amides is 1. The van der Waals surface area contributed by atoms with Crippen LogP contribution in [0.4, 0.5) is 18.9 Å². The van der Waals surface area contributed by atoms with Gasteiger partial charge in [0.2, 0.25) is 0 Å². The third-order valence-corrected chi connectivity index (χ3v) is 4.31. The van der Waals surface area contributed by atoms with Crippen molar-refractivity contribution in [3.63, 3.8) is 0 Å². The quantitative estimate of drug-likeness (QED) is 0.620. The van der Waals surface area contributed by atoms with E-state index in [1.165, 1.54) is 22.8 Å². The van der Waals surface area contributed by atoms with Gasteiger partial charge in [0.05, 0.1) is 22.3 Å². The molecule has 1 amide bonds. The fourth-order valence-corrected chi connectivity index (χ4v) is 3.17. The number of carbonyl (C=O) groups excluding carboxylic acids is 1. The Morgan fingerprint density at radius 1 is 1.00 bits per heavy atom. The Hall–Kier alpha value is -3.16. The molecule has 0 radical (unpaired) electrons. The van der Waals surface area contributed by atoms with E-state index >= 15 is 0 Å². The fourth-order valence-electron chi connectivity index (χ4n) is 3.17. The molecule has 0 atom stereocenters. The number of hydrogen-bond donors (Lipinski definition) is 0. The van der Waals surface area contributed by atoms with Gasteiger partial charge in [-0.1, -0.05) is 24.3 Å². The highest BCUT2D eigenvalue weighted by Crippen LogP contribution is 2.31. The predicted molar refractivity (Wildman–Crippen MR) is 89.5 cm³/mol. The van der Waals surface area contributed by atoms with E-state index in [2.05, 4.69) is 4.98 Å². The standard InChI is InChI=1S/C18H12F3N3O2/c19-18(20,21)17(26)23-10-9-15-22-12-6-2-1-5-11(12)16(25)24(15)14-8-4-3-7-13(14)23/h1-8H,9-10H2. The van der Waals surface area contributed by atoms with E-state index in [1.54, 1.807) is 30.3 Å². The average molecular weight is 359 g/mol. The van der Waals surface area contributed by atoms with Crippen LogP contribution in [0, 0.1) is 0 Å². The third kappa shape index (κ3) is 2.45. The molecular weight excluding hydrogens is 347 g/mol. The minimum atomic E-state index is -5.01. The lowest BCUT2D eigenvalue weighted by Crippen LogP contribution is -2.42. The van der Waals surface area contributed by atoms with Gasteiger partial charge in [-0.15, -0.1) is 0 Å². The first kappa shape index (κ1) is 16.3. The third-order valence-electron chi connectivity index (χ3n) is 4.31. The fraction of sp³-hybridized carbons (Fsp3) is 0.167. The van der Waals surface area contributed by atoms with E-state index in [0.29, 0.717) is 21.6 Å². The highest BCUT2D eigenvalue weighted by molar-refractivity contribution is 5.99. The monoisotopic (exact) mass is 359 g/mol. The van der Waals surface area contributed by atoms with Crippen LogP contribution in [0.15, 0.2) is 53.3 Å². The van der Waals surface area contributed by atoms with E-state index in [9.17, 15) is 22.8 Å². The van der Waals surface area contributed by atoms with Crippen molar-refractivity contribution in [1.29, 1.82) is 0 Å². The van der Waals surface area contributed by atoms with Gasteiger partial charge >= 0.3 is 12.1 Å². The molecule has 0 saturated carbocycles. The van der Waals surface area contributed by atoms with Crippen LogP contribution in [0.1, 0.15) is 5.82 Å². The van der Waals surface area contributed by atoms with E-state index in [4.69, 9.17) is 0 Å². The second kappa shape index (κ2) is 5.69. The van der Waals surface area contributed by atoms with E-state index in [1.807, 2.05) is 0 Å². The molecule has 0 N–H and O–H groups in total. The maximum atomic E-state index is 13.0. The number of anilines is 1. The molecule has 1 aliphatic rings. The number of rotatable bonds is 0. The Bertz CT molecular complexity index is 1090. The number of nitrogens with zero attached hydrogens (tertiary/aromatic N) is 3. The van der Waals surface area contributed by atoms with Crippen molar-refractivity contribution in [1.82, 2.24) is 9.55 Å². The number of alkyl halides is 3. The van der Waals surface area contributed by atoms with Crippen LogP contribution >= 0.6 is 0 Å². The molecular formula is C18H12F3N3O2. The highest BCUT2D eigenvalue weighted by atomic mass is 19.4. The van der Waals surface area contributed by atoms with Crippen LogP contribution in [0.25, 0.3) is 16.6 Å². The van der Waals surface area contributed by atoms with Crippen molar-refractivity contribution >= 4 is 22.5 Å². The smallest absolute Gasteiger partial charge is 0.302 e. The summed E-state index contributed by atoms with van der Waals surface area (Å²) in [5.41, 5.74) is 0.338. The van der Waals surface area contributed by atoms with Crippen molar-refractivity contribution in [3.8, 4) is 5.69 Å². The number of halogens is 3. The van der Waals surface area contributed by atoms with E-state index in [0.717, 1.165) is 0 Å². The summed E-state index contributed by atoms with van der Waals surface area (Å²) in [5, 5.41) is 0.363. The second-order valence-electron chi connectivity index (χ2n) is 5.88. The first-order valence-corrected chi connectivity index (χ1v) is 7.86. The Balaban J connectivity index is 2.01. The SMILES string of the molecule is O=C(N1CCc2nc3ccccc3c(=O)n2-c2ccccc21)C(F)(F)F. The Morgan fingerprint density at radius 2 is 1.65 bits per heavy atom. The zero-order valence-electron chi connectivity index (χ0n) is 13.3. The summed E-state index contributed by atoms with van der Waals surface area (Å²) in [7, 11) is 0. The Kier molecular flexibility index (Phi) is 3.57. The van der Waals surface area contributed by atoms with Crippen LogP contribution in [-0.4, -0.2) is 28.2 Å². The summed E-state index contributed by atoms with van der Waals surface area (Å²) < 4.78 is 40.4. The molecule has 26 heavy (non-hydrogen) atoms. The zero-order chi connectivity index (χ0) is 18.5. The minimum Gasteiger partial charge on any atom is -0.302 e. The molecule has 0 spiro atoms. The number of benzene rings is 2. The predicted octanol–water partition coefficient (Wildman–Crippen LogP) is 2.84. The van der Waals surface area contributed by atoms with E-state index < -0.39 is 12.1 Å². The molecule has 5 nitrogen and oxygen atoms in total. The first-order chi connectivity index (χ1) is 12.4. The van der Waals surface area contributed by atoms with Crippen molar-refractivity contribution in [2.24, 2.45) is 0 Å². The highest BCUT2D eigenvalue weighted by Gasteiger charge is 2.44. The van der Waals surface area contributed by atoms with Gasteiger partial charge in [0.15, 0.2) is 0 Å². The van der Waals surface area contributed by atoms with Crippen molar-refractivity contribution < 1.29 is 18.0 Å². The molecule has 8 heteroatoms. The van der Waals surface area contributed by atoms with Crippen molar-refractivity contribution in [2.45, 2.75) is 12.6 Å². The van der Waals surface area contributed by atoms with Gasteiger partial charge in [-0.05, 0) is 24.3 Å². The van der Waals surface area contributed by atoms with Gasteiger partial charge in [-0.3, -0.25) is 14.2 Å². The summed E-state index contributed by atoms with van der Waals surface area (Å²) in [6, 6.07) is 12.8. The molecule has 132 valence electrons. The van der Waals surface area contributed by atoms with Crippen molar-refractivity contribution in [2.75, 3.05) is 11.4 Å². The van der Waals surface area contributed by atoms with Gasteiger partial charge in [0.1, 0.15) is 5.82 Å². The van der Waals surface area contributed by atoms with Crippen LogP contribution in [0.5, 0.6) is 0 Å². The molecule has 0 bridgehead atoms. The Labute approximate surface area is 145 Å². The van der Waals surface area contributed by atoms with Crippen LogP contribution in [-0.2, 0) is 11.2 Å². The number of fused-ring (bicyclic) bond motifs is 4. The summed E-state index contributed by atoms with van der Waals surface area (Å²) in [6.45, 7) is -0.222. The molecule has 1 aromatic heterocycles. The molecule has 0 aliphatic carbocycles. The molecule has 0 fully saturated rings. The summed E-state index contributed by atoms with van der Waals surface area (Å²) in [5.74, 6) is -1.64. The van der Waals surface area contributed by atoms with Crippen LogP contribution in [0.3, 0.4) is 0 Å². The number of carbonyl (C=O) groups is 1. The maximum absolute atomic E-state index is 13.0. The minimum absolute atomic E-state index is 0.0244. The van der Waals surface area contributed by atoms with Crippen LogP contribution in [0.2, 0.25) is 0 Å². The average Bonchev–Trinajstić information content (AvgIpc) is 2.77. The molecule has 0 saturated heterocycles. The lowest BCUT2D eigenvalue weighted by atomic mass is 10.2. The maximum Gasteiger partial charge on any atom is 0.471 e. The second-order valence-corrected chi connectivity index (χ2v) is 5.88. The Morgan fingerprint density at radius 3 is 2.38 bits per heavy atom. The van der Waals surface area contributed by atoms with Gasteiger partial charge in [-0.2, -0.15) is 13.2 Å². The summed E-state index contributed by atoms with van der Waals surface area (Å²) in [6.07, 6.45) is -4.98. The molecule has 1 aliphatic heterocycles. The summed E-state index contributed by atoms with van der Waals surface area (Å²) >= 11 is 0. The molecule has 2 heterocycles. The molecule has 4 rings (SSSR count). The number of hydrogen-bond acceptors (Lipinski definition) is 3. The lowest BCUT2D eigenvalue weighted by molar-refractivity contribution is -0.170. The van der Waals surface area contributed by atoms with Gasteiger partial charge in [0.25, 0.3) is 5.56 Å². The van der Waals surface area contributed by atoms with Gasteiger partial charge in [-0.25, -0.2) is 4.98 Å². The number of aromatic nitrogens is 2. The largest absolute Gasteiger partial charge is 0.471 e. The van der Waals surface area contributed by atoms with Crippen LogP contribution < -0.4 is 10.5 Å². The molecule has 3 aromatic rings. The first-order valence-electron chi connectivity index (χ1n) is 7.86. The topological polar surface area (TPSA) is 55.2 Å². The molecule has 0 unspecified atom stereocenters. The normalized spacial score (nSPS) is 13.9. The van der Waals surface area contributed by atoms with Crippen molar-refractivity contribution in [3.05, 3.63) is 64.7 Å². The molecule has 2 aromatic carbocycles. The summed E-state index contributed by atoms with van der Waals surface area (Å²) in [4.78, 5) is 30.0.